The summed E-state index contributed by atoms with van der Waals surface area (Å²) in [5, 5.41) is 0. The second-order valence-electron chi connectivity index (χ2n) is 13.1. The van der Waals surface area contributed by atoms with E-state index in [9.17, 15) is 4.79 Å². The summed E-state index contributed by atoms with van der Waals surface area (Å²) in [6.07, 6.45) is 23.4. The summed E-state index contributed by atoms with van der Waals surface area (Å²) in [7, 11) is 0. The van der Waals surface area contributed by atoms with E-state index in [0.717, 1.165) is 42.7 Å². The van der Waals surface area contributed by atoms with Crippen molar-refractivity contribution in [3.8, 4) is 28.0 Å². The maximum atomic E-state index is 12.4. The Balaban J connectivity index is 1.41. The van der Waals surface area contributed by atoms with Gasteiger partial charge in [-0.15, -0.1) is 0 Å². The normalized spacial score (nSPS) is 11.8. The third-order valence-electron chi connectivity index (χ3n) is 9.09. The smallest absolute Gasteiger partial charge is 0.306 e. The molecule has 0 aliphatic rings. The lowest BCUT2D eigenvalue weighted by atomic mass is 9.93. The van der Waals surface area contributed by atoms with Crippen LogP contribution in [0.25, 0.3) is 22.3 Å². The van der Waals surface area contributed by atoms with Crippen molar-refractivity contribution in [2.24, 2.45) is 0 Å². The number of carbonyl (C=O) groups excluding carboxylic acids is 1. The minimum absolute atomic E-state index is 0.0937. The molecule has 0 N–H and O–H groups in total. The molecule has 3 heteroatoms. The third-order valence-corrected chi connectivity index (χ3v) is 9.09. The molecule has 0 spiro atoms. The molecule has 0 saturated heterocycles. The van der Waals surface area contributed by atoms with Gasteiger partial charge < -0.3 is 9.47 Å². The summed E-state index contributed by atoms with van der Waals surface area (Å²) in [5.41, 5.74) is 5.73. The van der Waals surface area contributed by atoms with Crippen LogP contribution in [0.1, 0.15) is 154 Å². The second kappa shape index (κ2) is 23.3. The fraction of sp³-hybridized carbons (Fsp3) is 0.558. The van der Waals surface area contributed by atoms with Crippen molar-refractivity contribution >= 4 is 5.97 Å². The van der Waals surface area contributed by atoms with Crippen LogP contribution in [0.4, 0.5) is 0 Å². The molecule has 0 aromatic heterocycles. The van der Waals surface area contributed by atoms with Gasteiger partial charge in [-0.1, -0.05) is 177 Å². The molecule has 0 amide bonds. The molecule has 0 heterocycles. The Hall–Kier alpha value is -3.07. The number of hydrogen-bond acceptors (Lipinski definition) is 3. The molecule has 3 nitrogen and oxygen atoms in total. The molecule has 0 radical (unpaired) electrons. The predicted molar refractivity (Wildman–Crippen MR) is 196 cm³/mol. The third kappa shape index (κ3) is 14.6. The maximum absolute atomic E-state index is 12.4. The molecule has 0 fully saturated rings. The number of ether oxygens (including phenoxy) is 2. The first-order valence-corrected chi connectivity index (χ1v) is 18.7. The van der Waals surface area contributed by atoms with E-state index in [2.05, 4.69) is 86.6 Å². The van der Waals surface area contributed by atoms with Gasteiger partial charge in [-0.2, -0.15) is 0 Å². The van der Waals surface area contributed by atoms with Crippen molar-refractivity contribution in [2.45, 2.75) is 149 Å². The van der Waals surface area contributed by atoms with Gasteiger partial charge in [0.2, 0.25) is 0 Å². The van der Waals surface area contributed by atoms with Crippen molar-refractivity contribution in [1.82, 2.24) is 0 Å². The molecular weight excluding hydrogens is 564 g/mol. The summed E-state index contributed by atoms with van der Waals surface area (Å²) in [6, 6.07) is 25.5. The zero-order valence-corrected chi connectivity index (χ0v) is 29.4. The van der Waals surface area contributed by atoms with Crippen molar-refractivity contribution in [1.29, 1.82) is 0 Å². The van der Waals surface area contributed by atoms with Crippen LogP contribution in [-0.4, -0.2) is 12.6 Å². The Kier molecular flexibility index (Phi) is 18.9. The van der Waals surface area contributed by atoms with Gasteiger partial charge in [0.1, 0.15) is 11.9 Å². The maximum Gasteiger partial charge on any atom is 0.306 e. The minimum atomic E-state index is -0.251. The highest BCUT2D eigenvalue weighted by Crippen LogP contribution is 2.34. The lowest BCUT2D eigenvalue weighted by Gasteiger charge is -2.15. The zero-order chi connectivity index (χ0) is 32.7. The molecule has 252 valence electrons. The highest BCUT2D eigenvalue weighted by atomic mass is 16.5. The molecular formula is C43H62O3. The van der Waals surface area contributed by atoms with Crippen molar-refractivity contribution in [3.63, 3.8) is 0 Å². The van der Waals surface area contributed by atoms with Crippen LogP contribution < -0.4 is 4.74 Å². The average Bonchev–Trinajstić information content (AvgIpc) is 3.08. The lowest BCUT2D eigenvalue weighted by Crippen LogP contribution is -2.08. The van der Waals surface area contributed by atoms with E-state index in [1.165, 1.54) is 113 Å². The quantitative estimate of drug-likeness (QED) is 0.0693. The van der Waals surface area contributed by atoms with Crippen molar-refractivity contribution < 1.29 is 14.3 Å². The lowest BCUT2D eigenvalue weighted by molar-refractivity contribution is -0.148. The molecule has 46 heavy (non-hydrogen) atoms. The summed E-state index contributed by atoms with van der Waals surface area (Å²) < 4.78 is 11.8. The summed E-state index contributed by atoms with van der Waals surface area (Å²) in [5.74, 6) is 0.844. The first-order valence-electron chi connectivity index (χ1n) is 18.7. The van der Waals surface area contributed by atoms with Crippen molar-refractivity contribution in [3.05, 3.63) is 78.4 Å². The molecule has 3 aromatic rings. The van der Waals surface area contributed by atoms with E-state index >= 15 is 0 Å². The molecule has 0 aliphatic carbocycles. The molecule has 1 atom stereocenters. The Morgan fingerprint density at radius 3 is 1.48 bits per heavy atom. The van der Waals surface area contributed by atoms with Crippen LogP contribution >= 0.6 is 0 Å². The topological polar surface area (TPSA) is 35.5 Å². The Morgan fingerprint density at radius 2 is 0.978 bits per heavy atom. The second-order valence-corrected chi connectivity index (χ2v) is 13.1. The summed E-state index contributed by atoms with van der Waals surface area (Å²) in [6.45, 7) is 7.27. The molecule has 0 aliphatic heterocycles. The Morgan fingerprint density at radius 1 is 0.543 bits per heavy atom. The molecule has 3 aromatic carbocycles. The van der Waals surface area contributed by atoms with E-state index < -0.39 is 0 Å². The monoisotopic (exact) mass is 626 g/mol. The van der Waals surface area contributed by atoms with E-state index in [1.807, 2.05) is 6.92 Å². The standard InChI is InChI=1S/C43H62O3/c1-4-6-8-10-12-14-15-17-19-23-35-45-40-33-31-39(32-34-40)42-25-22-21-24-41(42)38-29-27-37(28-30-38)36(3)46-43(44)26-20-18-16-13-11-9-7-5-2/h21-22,24-25,27-34,36H,4-20,23,26,35H2,1-3H3. The van der Waals surface area contributed by atoms with Gasteiger partial charge in [-0.25, -0.2) is 0 Å². The first-order chi connectivity index (χ1) is 22.6. The van der Waals surface area contributed by atoms with E-state index in [0.29, 0.717) is 6.42 Å². The minimum Gasteiger partial charge on any atom is -0.494 e. The van der Waals surface area contributed by atoms with Crippen LogP contribution in [0.3, 0.4) is 0 Å². The summed E-state index contributed by atoms with van der Waals surface area (Å²) >= 11 is 0. The Labute approximate surface area is 281 Å². The fourth-order valence-electron chi connectivity index (χ4n) is 6.16. The van der Waals surface area contributed by atoms with Gasteiger partial charge in [0, 0.05) is 6.42 Å². The first kappa shape index (κ1) is 37.4. The number of benzene rings is 3. The highest BCUT2D eigenvalue weighted by Gasteiger charge is 2.13. The van der Waals surface area contributed by atoms with Crippen LogP contribution in [0.15, 0.2) is 72.8 Å². The van der Waals surface area contributed by atoms with E-state index in [1.54, 1.807) is 0 Å². The number of hydrogen-bond donors (Lipinski definition) is 0. The fourth-order valence-corrected chi connectivity index (χ4v) is 6.16. The van der Waals surface area contributed by atoms with E-state index in [4.69, 9.17) is 9.47 Å². The van der Waals surface area contributed by atoms with Gasteiger partial charge in [0.05, 0.1) is 6.61 Å². The van der Waals surface area contributed by atoms with Crippen LogP contribution in [-0.2, 0) is 9.53 Å². The zero-order valence-electron chi connectivity index (χ0n) is 29.4. The number of unbranched alkanes of at least 4 members (excludes halogenated alkanes) is 16. The number of carbonyl (C=O) groups is 1. The highest BCUT2D eigenvalue weighted by molar-refractivity contribution is 5.83. The molecule has 1 unspecified atom stereocenters. The SMILES string of the molecule is CCCCCCCCCCCCOc1ccc(-c2ccccc2-c2ccc(C(C)OC(=O)CCCCCCCCCC)cc2)cc1. The number of rotatable bonds is 25. The predicted octanol–water partition coefficient (Wildman–Crippen LogP) is 13.5. The molecule has 3 rings (SSSR count). The number of esters is 1. The average molecular weight is 627 g/mol. The van der Waals surface area contributed by atoms with Crippen molar-refractivity contribution in [2.75, 3.05) is 6.61 Å². The molecule has 0 saturated carbocycles. The van der Waals surface area contributed by atoms with Gasteiger partial charge in [0.25, 0.3) is 0 Å². The largest absolute Gasteiger partial charge is 0.494 e. The van der Waals surface area contributed by atoms with Gasteiger partial charge in [-0.05, 0) is 59.7 Å². The van der Waals surface area contributed by atoms with Crippen LogP contribution in [0.2, 0.25) is 0 Å². The van der Waals surface area contributed by atoms with Crippen LogP contribution in [0, 0.1) is 0 Å². The Bertz CT molecular complexity index is 1200. The summed E-state index contributed by atoms with van der Waals surface area (Å²) in [4.78, 5) is 12.4. The molecule has 0 bridgehead atoms. The van der Waals surface area contributed by atoms with Gasteiger partial charge in [-0.3, -0.25) is 4.79 Å². The van der Waals surface area contributed by atoms with Crippen LogP contribution in [0.5, 0.6) is 5.75 Å². The van der Waals surface area contributed by atoms with E-state index in [-0.39, 0.29) is 12.1 Å². The van der Waals surface area contributed by atoms with Gasteiger partial charge >= 0.3 is 5.97 Å². The van der Waals surface area contributed by atoms with Gasteiger partial charge in [0.15, 0.2) is 0 Å².